The van der Waals surface area contributed by atoms with Gasteiger partial charge in [0.1, 0.15) is 0 Å². The molecule has 0 saturated carbocycles. The van der Waals surface area contributed by atoms with Crippen molar-refractivity contribution < 1.29 is 0 Å². The molecule has 4 heteroatoms. The van der Waals surface area contributed by atoms with Gasteiger partial charge in [0, 0.05) is 29.9 Å². The van der Waals surface area contributed by atoms with Crippen LogP contribution in [-0.2, 0) is 6.42 Å². The number of benzene rings is 1. The van der Waals surface area contributed by atoms with Crippen LogP contribution in [0.3, 0.4) is 0 Å². The largest absolute Gasteiger partial charge is 0.362 e. The van der Waals surface area contributed by atoms with Crippen LogP contribution in [0.4, 0.5) is 0 Å². The Balaban J connectivity index is 1.67. The van der Waals surface area contributed by atoms with E-state index in [9.17, 15) is 0 Å². The molecule has 0 amide bonds. The lowest BCUT2D eigenvalue weighted by Crippen LogP contribution is -2.41. The monoisotopic (exact) mass is 299 g/mol. The standard InChI is InChI=1S/C17H21N3S/c1-12-11-21-17(20-13(12)2)19-10-8-15-6-3-5-14-7-4-9-18-16(14)15/h3-7,9,12-13H,8,10-11H2,1-2H3,(H,19,20). The fourth-order valence-electron chi connectivity index (χ4n) is 2.47. The molecule has 1 saturated heterocycles. The van der Waals surface area contributed by atoms with Crippen molar-refractivity contribution in [2.45, 2.75) is 26.3 Å². The third-order valence-corrected chi connectivity index (χ3v) is 5.25. The van der Waals surface area contributed by atoms with Crippen molar-refractivity contribution in [2.75, 3.05) is 12.3 Å². The summed E-state index contributed by atoms with van der Waals surface area (Å²) in [7, 11) is 0. The summed E-state index contributed by atoms with van der Waals surface area (Å²) in [4.78, 5) is 9.21. The lowest BCUT2D eigenvalue weighted by Gasteiger charge is -2.28. The first-order valence-electron chi connectivity index (χ1n) is 7.50. The zero-order chi connectivity index (χ0) is 14.7. The number of nitrogens with zero attached hydrogens (tertiary/aromatic N) is 2. The van der Waals surface area contributed by atoms with E-state index in [2.05, 4.69) is 48.4 Å². The highest BCUT2D eigenvalue weighted by molar-refractivity contribution is 8.13. The lowest BCUT2D eigenvalue weighted by molar-refractivity contribution is 0.490. The molecule has 3 rings (SSSR count). The molecule has 2 heterocycles. The first-order chi connectivity index (χ1) is 10.2. The summed E-state index contributed by atoms with van der Waals surface area (Å²) in [5.74, 6) is 1.86. The van der Waals surface area contributed by atoms with Crippen LogP contribution in [0.15, 0.2) is 41.5 Å². The van der Waals surface area contributed by atoms with Crippen molar-refractivity contribution in [2.24, 2.45) is 10.9 Å². The smallest absolute Gasteiger partial charge is 0.156 e. The molecule has 3 nitrogen and oxygen atoms in total. The number of thioether (sulfide) groups is 1. The topological polar surface area (TPSA) is 37.3 Å². The Kier molecular flexibility index (Phi) is 4.44. The van der Waals surface area contributed by atoms with Crippen molar-refractivity contribution in [3.05, 3.63) is 42.1 Å². The van der Waals surface area contributed by atoms with Crippen LogP contribution in [-0.4, -0.2) is 28.5 Å². The summed E-state index contributed by atoms with van der Waals surface area (Å²) in [6, 6.07) is 11.0. The summed E-state index contributed by atoms with van der Waals surface area (Å²) in [5, 5.41) is 5.78. The molecule has 1 aliphatic rings. The number of hydrogen-bond donors (Lipinski definition) is 1. The quantitative estimate of drug-likeness (QED) is 0.942. The molecule has 2 unspecified atom stereocenters. The Morgan fingerprint density at radius 3 is 3.00 bits per heavy atom. The van der Waals surface area contributed by atoms with E-state index in [0.29, 0.717) is 12.0 Å². The van der Waals surface area contributed by atoms with Gasteiger partial charge in [-0.3, -0.25) is 9.98 Å². The highest BCUT2D eigenvalue weighted by Gasteiger charge is 2.20. The molecule has 0 radical (unpaired) electrons. The first-order valence-corrected chi connectivity index (χ1v) is 8.49. The summed E-state index contributed by atoms with van der Waals surface area (Å²) < 4.78 is 0. The Morgan fingerprint density at radius 1 is 1.29 bits per heavy atom. The number of aromatic nitrogens is 1. The Labute approximate surface area is 130 Å². The number of hydrogen-bond acceptors (Lipinski definition) is 3. The molecule has 0 bridgehead atoms. The third-order valence-electron chi connectivity index (χ3n) is 4.04. The van der Waals surface area contributed by atoms with E-state index < -0.39 is 0 Å². The van der Waals surface area contributed by atoms with E-state index in [1.165, 1.54) is 10.9 Å². The van der Waals surface area contributed by atoms with Crippen LogP contribution in [0, 0.1) is 5.92 Å². The number of nitrogens with one attached hydrogen (secondary N) is 1. The molecule has 1 fully saturated rings. The van der Waals surface area contributed by atoms with Gasteiger partial charge in [-0.1, -0.05) is 43.0 Å². The van der Waals surface area contributed by atoms with Crippen LogP contribution in [0.1, 0.15) is 19.4 Å². The minimum absolute atomic E-state index is 0.518. The predicted molar refractivity (Wildman–Crippen MR) is 92.0 cm³/mol. The van der Waals surface area contributed by atoms with Crippen molar-refractivity contribution >= 4 is 27.8 Å². The lowest BCUT2D eigenvalue weighted by atomic mass is 10.1. The van der Waals surface area contributed by atoms with E-state index in [0.717, 1.165) is 29.4 Å². The molecule has 0 spiro atoms. The molecule has 2 atom stereocenters. The second kappa shape index (κ2) is 6.48. The summed E-state index contributed by atoms with van der Waals surface area (Å²) in [6.45, 7) is 5.32. The second-order valence-electron chi connectivity index (χ2n) is 5.65. The third kappa shape index (κ3) is 3.38. The van der Waals surface area contributed by atoms with Crippen LogP contribution < -0.4 is 5.32 Å². The van der Waals surface area contributed by atoms with Gasteiger partial charge in [0.2, 0.25) is 0 Å². The van der Waals surface area contributed by atoms with E-state index in [1.807, 2.05) is 24.0 Å². The van der Waals surface area contributed by atoms with Crippen LogP contribution >= 0.6 is 11.8 Å². The number of aliphatic imine (C=N–C) groups is 1. The van der Waals surface area contributed by atoms with Crippen LogP contribution in [0.25, 0.3) is 10.9 Å². The molecular formula is C17H21N3S. The van der Waals surface area contributed by atoms with Gasteiger partial charge >= 0.3 is 0 Å². The molecule has 110 valence electrons. The second-order valence-corrected chi connectivity index (χ2v) is 6.66. The number of rotatable bonds is 3. The van der Waals surface area contributed by atoms with Gasteiger partial charge < -0.3 is 5.32 Å². The molecule has 21 heavy (non-hydrogen) atoms. The van der Waals surface area contributed by atoms with Gasteiger partial charge in [0.15, 0.2) is 5.17 Å². The zero-order valence-corrected chi connectivity index (χ0v) is 13.4. The predicted octanol–water partition coefficient (Wildman–Crippen LogP) is 3.49. The van der Waals surface area contributed by atoms with Gasteiger partial charge in [-0.15, -0.1) is 0 Å². The maximum atomic E-state index is 4.71. The number of amidine groups is 1. The fourth-order valence-corrected chi connectivity index (χ4v) is 3.63. The van der Waals surface area contributed by atoms with E-state index in [1.54, 1.807) is 0 Å². The number of pyridine rings is 1. The zero-order valence-electron chi connectivity index (χ0n) is 12.5. The molecular weight excluding hydrogens is 278 g/mol. The van der Waals surface area contributed by atoms with Crippen LogP contribution in [0.5, 0.6) is 0 Å². The van der Waals surface area contributed by atoms with E-state index in [4.69, 9.17) is 4.99 Å². The molecule has 1 aliphatic heterocycles. The highest BCUT2D eigenvalue weighted by atomic mass is 32.2. The van der Waals surface area contributed by atoms with Crippen molar-refractivity contribution in [3.8, 4) is 0 Å². The summed E-state index contributed by atoms with van der Waals surface area (Å²) in [6.07, 6.45) is 2.80. The maximum Gasteiger partial charge on any atom is 0.156 e. The number of para-hydroxylation sites is 1. The van der Waals surface area contributed by atoms with Crippen molar-refractivity contribution in [1.82, 2.24) is 10.3 Å². The average molecular weight is 299 g/mol. The summed E-state index contributed by atoms with van der Waals surface area (Å²) in [5.41, 5.74) is 2.38. The van der Waals surface area contributed by atoms with Crippen LogP contribution in [0.2, 0.25) is 0 Å². The molecule has 0 aliphatic carbocycles. The van der Waals surface area contributed by atoms with Gasteiger partial charge in [-0.05, 0) is 30.9 Å². The number of fused-ring (bicyclic) bond motifs is 1. The molecule has 2 aromatic rings. The normalized spacial score (nSPS) is 24.2. The Bertz CT molecular complexity index is 648. The van der Waals surface area contributed by atoms with E-state index in [-0.39, 0.29) is 0 Å². The average Bonchev–Trinajstić information content (AvgIpc) is 2.51. The highest BCUT2D eigenvalue weighted by Crippen LogP contribution is 2.20. The fraction of sp³-hybridized carbons (Fsp3) is 0.412. The summed E-state index contributed by atoms with van der Waals surface area (Å²) >= 11 is 1.84. The molecule has 1 aromatic carbocycles. The maximum absolute atomic E-state index is 4.71. The molecule has 1 N–H and O–H groups in total. The van der Waals surface area contributed by atoms with Gasteiger partial charge in [-0.2, -0.15) is 0 Å². The Hall–Kier alpha value is -1.55. The van der Waals surface area contributed by atoms with Gasteiger partial charge in [0.05, 0.1) is 5.52 Å². The van der Waals surface area contributed by atoms with Crippen molar-refractivity contribution in [3.63, 3.8) is 0 Å². The Morgan fingerprint density at radius 2 is 2.14 bits per heavy atom. The van der Waals surface area contributed by atoms with Gasteiger partial charge in [0.25, 0.3) is 0 Å². The van der Waals surface area contributed by atoms with Crippen molar-refractivity contribution in [1.29, 1.82) is 0 Å². The first kappa shape index (κ1) is 14.4. The molecule has 1 aromatic heterocycles. The van der Waals surface area contributed by atoms with E-state index >= 15 is 0 Å². The SMILES string of the molecule is CC1CSC(=NCCc2cccc3cccnc23)NC1C. The minimum Gasteiger partial charge on any atom is -0.362 e. The van der Waals surface area contributed by atoms with Gasteiger partial charge in [-0.25, -0.2) is 0 Å². The minimum atomic E-state index is 0.518.